The number of fused-ring (bicyclic) bond motifs is 1. The molecule has 2 rings (SSSR count). The van der Waals surface area contributed by atoms with Gasteiger partial charge in [0.05, 0.1) is 0 Å². The summed E-state index contributed by atoms with van der Waals surface area (Å²) in [6.45, 7) is 0.614. The van der Waals surface area contributed by atoms with Crippen molar-refractivity contribution in [3.63, 3.8) is 0 Å². The Kier molecular flexibility index (Phi) is 6.41. The minimum absolute atomic E-state index is 0. The van der Waals surface area contributed by atoms with Crippen molar-refractivity contribution >= 4 is 29.9 Å². The van der Waals surface area contributed by atoms with E-state index in [0.717, 1.165) is 24.4 Å². The van der Waals surface area contributed by atoms with Crippen molar-refractivity contribution in [2.45, 2.75) is 32.2 Å². The number of halogens is 1. The van der Waals surface area contributed by atoms with E-state index in [1.807, 2.05) is 13.1 Å². The van der Waals surface area contributed by atoms with Crippen LogP contribution in [0.1, 0.15) is 29.5 Å². The molecule has 0 unspecified atom stereocenters. The molecule has 4 nitrogen and oxygen atoms in total. The number of phenols is 1. The largest absolute Gasteiger partial charge is 0.508 e. The monoisotopic (exact) mass is 375 g/mol. The fourth-order valence-corrected chi connectivity index (χ4v) is 2.54. The van der Waals surface area contributed by atoms with Crippen LogP contribution >= 0.6 is 24.0 Å². The van der Waals surface area contributed by atoms with Crippen molar-refractivity contribution in [3.05, 3.63) is 28.8 Å². The van der Waals surface area contributed by atoms with Crippen LogP contribution in [-0.4, -0.2) is 25.2 Å². The summed E-state index contributed by atoms with van der Waals surface area (Å²) < 4.78 is 0. The fraction of sp³-hybridized carbons (Fsp3) is 0.500. The van der Waals surface area contributed by atoms with E-state index < -0.39 is 0 Å². The van der Waals surface area contributed by atoms with Gasteiger partial charge >= 0.3 is 0 Å². The number of phenolic OH excluding ortho intramolecular Hbond substituents is 1. The molecule has 0 aliphatic heterocycles. The van der Waals surface area contributed by atoms with Crippen LogP contribution in [0.4, 0.5) is 0 Å². The molecule has 0 bridgehead atoms. The first-order valence-electron chi connectivity index (χ1n) is 6.47. The van der Waals surface area contributed by atoms with E-state index in [9.17, 15) is 5.11 Å². The highest BCUT2D eigenvalue weighted by Crippen LogP contribution is 2.30. The third kappa shape index (κ3) is 3.75. The number of rotatable bonds is 2. The van der Waals surface area contributed by atoms with E-state index in [-0.39, 0.29) is 24.0 Å². The van der Waals surface area contributed by atoms with E-state index in [1.54, 1.807) is 7.05 Å². The number of benzene rings is 1. The Bertz CT molecular complexity index is 460. The average molecular weight is 375 g/mol. The van der Waals surface area contributed by atoms with Crippen LogP contribution < -0.4 is 10.6 Å². The summed E-state index contributed by atoms with van der Waals surface area (Å²) in [5.41, 5.74) is 3.72. The predicted octanol–water partition coefficient (Wildman–Crippen LogP) is 2.18. The van der Waals surface area contributed by atoms with Crippen LogP contribution in [0, 0.1) is 0 Å². The van der Waals surface area contributed by atoms with Gasteiger partial charge in [-0.2, -0.15) is 0 Å². The molecule has 0 fully saturated rings. The van der Waals surface area contributed by atoms with Crippen LogP contribution in [-0.2, 0) is 19.4 Å². The number of aromatic hydroxyl groups is 1. The quantitative estimate of drug-likeness (QED) is 0.422. The van der Waals surface area contributed by atoms with E-state index in [2.05, 4.69) is 21.7 Å². The van der Waals surface area contributed by atoms with Gasteiger partial charge < -0.3 is 15.7 Å². The highest BCUT2D eigenvalue weighted by Gasteiger charge is 2.16. The predicted molar refractivity (Wildman–Crippen MR) is 89.4 cm³/mol. The number of nitrogens with zero attached hydrogens (tertiary/aromatic N) is 1. The second-order valence-corrected chi connectivity index (χ2v) is 4.58. The SMILES string of the molecule is CN=C(NC)NCc1c(O)ccc2c1CCCC2.I. The topological polar surface area (TPSA) is 56.7 Å². The molecule has 19 heavy (non-hydrogen) atoms. The van der Waals surface area contributed by atoms with Gasteiger partial charge in [0.15, 0.2) is 5.96 Å². The smallest absolute Gasteiger partial charge is 0.190 e. The van der Waals surface area contributed by atoms with E-state index in [1.165, 1.54) is 24.0 Å². The zero-order valence-corrected chi connectivity index (χ0v) is 13.8. The minimum atomic E-state index is 0. The zero-order valence-electron chi connectivity index (χ0n) is 11.5. The molecule has 0 atom stereocenters. The Morgan fingerprint density at radius 3 is 2.74 bits per heavy atom. The molecule has 1 aromatic carbocycles. The van der Waals surface area contributed by atoms with Crippen molar-refractivity contribution in [3.8, 4) is 5.75 Å². The summed E-state index contributed by atoms with van der Waals surface area (Å²) in [5, 5.41) is 16.2. The lowest BCUT2D eigenvalue weighted by Crippen LogP contribution is -2.34. The van der Waals surface area contributed by atoms with Gasteiger partial charge in [0, 0.05) is 26.2 Å². The summed E-state index contributed by atoms with van der Waals surface area (Å²) in [5.74, 6) is 1.12. The molecular weight excluding hydrogens is 353 g/mol. The number of nitrogens with one attached hydrogen (secondary N) is 2. The Morgan fingerprint density at radius 2 is 2.05 bits per heavy atom. The molecule has 0 heterocycles. The molecule has 3 N–H and O–H groups in total. The van der Waals surface area contributed by atoms with Crippen LogP contribution in [0.2, 0.25) is 0 Å². The lowest BCUT2D eigenvalue weighted by molar-refractivity contribution is 0.464. The molecule has 0 spiro atoms. The van der Waals surface area contributed by atoms with Crippen molar-refractivity contribution in [2.24, 2.45) is 4.99 Å². The van der Waals surface area contributed by atoms with Crippen molar-refractivity contribution in [1.82, 2.24) is 10.6 Å². The maximum atomic E-state index is 10.0. The average Bonchev–Trinajstić information content (AvgIpc) is 2.42. The highest BCUT2D eigenvalue weighted by molar-refractivity contribution is 14.0. The van der Waals surface area contributed by atoms with E-state index in [0.29, 0.717) is 12.3 Å². The lowest BCUT2D eigenvalue weighted by Gasteiger charge is -2.21. The first-order valence-corrected chi connectivity index (χ1v) is 6.47. The molecule has 0 saturated carbocycles. The molecule has 0 radical (unpaired) electrons. The summed E-state index contributed by atoms with van der Waals surface area (Å²) in [6, 6.07) is 3.86. The van der Waals surface area contributed by atoms with Gasteiger partial charge in [-0.15, -0.1) is 24.0 Å². The van der Waals surface area contributed by atoms with Gasteiger partial charge in [-0.1, -0.05) is 6.07 Å². The van der Waals surface area contributed by atoms with Crippen LogP contribution in [0.3, 0.4) is 0 Å². The number of aryl methyl sites for hydroxylation is 1. The van der Waals surface area contributed by atoms with Crippen LogP contribution in [0.15, 0.2) is 17.1 Å². The number of guanidine groups is 1. The minimum Gasteiger partial charge on any atom is -0.508 e. The van der Waals surface area contributed by atoms with Crippen LogP contribution in [0.5, 0.6) is 5.75 Å². The van der Waals surface area contributed by atoms with Crippen molar-refractivity contribution in [2.75, 3.05) is 14.1 Å². The summed E-state index contributed by atoms with van der Waals surface area (Å²) in [6.07, 6.45) is 4.66. The zero-order chi connectivity index (χ0) is 13.0. The van der Waals surface area contributed by atoms with Gasteiger partial charge in [0.2, 0.25) is 0 Å². The Morgan fingerprint density at radius 1 is 1.32 bits per heavy atom. The standard InChI is InChI=1S/C14H21N3O.HI/c1-15-14(16-2)17-9-12-11-6-4-3-5-10(11)7-8-13(12)18;/h7-8,18H,3-6,9H2,1-2H3,(H2,15,16,17);1H. The molecule has 5 heteroatoms. The molecule has 0 saturated heterocycles. The first-order chi connectivity index (χ1) is 8.76. The van der Waals surface area contributed by atoms with Crippen molar-refractivity contribution in [1.29, 1.82) is 0 Å². The first kappa shape index (κ1) is 16.1. The van der Waals surface area contributed by atoms with Crippen molar-refractivity contribution < 1.29 is 5.11 Å². The highest BCUT2D eigenvalue weighted by atomic mass is 127. The molecule has 0 amide bonds. The van der Waals surface area contributed by atoms with Gasteiger partial charge in [-0.25, -0.2) is 0 Å². The van der Waals surface area contributed by atoms with E-state index in [4.69, 9.17) is 0 Å². The molecule has 1 aliphatic rings. The molecular formula is C14H22IN3O. The Labute approximate surface area is 131 Å². The number of aliphatic imine (C=N–C) groups is 1. The lowest BCUT2D eigenvalue weighted by atomic mass is 9.88. The Balaban J connectivity index is 0.00000180. The summed E-state index contributed by atoms with van der Waals surface area (Å²) >= 11 is 0. The van der Waals surface area contributed by atoms with Crippen LogP contribution in [0.25, 0.3) is 0 Å². The molecule has 1 aliphatic carbocycles. The number of hydrogen-bond donors (Lipinski definition) is 3. The second-order valence-electron chi connectivity index (χ2n) is 4.58. The third-order valence-corrected chi connectivity index (χ3v) is 3.52. The molecule has 1 aromatic rings. The second kappa shape index (κ2) is 7.57. The van der Waals surface area contributed by atoms with Gasteiger partial charge in [0.25, 0.3) is 0 Å². The fourth-order valence-electron chi connectivity index (χ4n) is 2.54. The Hall–Kier alpha value is -0.980. The van der Waals surface area contributed by atoms with E-state index >= 15 is 0 Å². The summed E-state index contributed by atoms with van der Waals surface area (Å²) in [4.78, 5) is 4.08. The molecule has 106 valence electrons. The number of hydrogen-bond acceptors (Lipinski definition) is 2. The maximum absolute atomic E-state index is 10.0. The van der Waals surface area contributed by atoms with Gasteiger partial charge in [-0.05, 0) is 42.9 Å². The normalized spacial score (nSPS) is 14.3. The maximum Gasteiger partial charge on any atom is 0.190 e. The summed E-state index contributed by atoms with van der Waals surface area (Å²) in [7, 11) is 3.56. The van der Waals surface area contributed by atoms with Gasteiger partial charge in [-0.3, -0.25) is 4.99 Å². The molecule has 0 aromatic heterocycles. The van der Waals surface area contributed by atoms with Gasteiger partial charge in [0.1, 0.15) is 5.75 Å². The third-order valence-electron chi connectivity index (χ3n) is 3.52.